The monoisotopic (exact) mass is 222 g/mol. The minimum atomic E-state index is -2.43. The molecule has 0 saturated heterocycles. The summed E-state index contributed by atoms with van der Waals surface area (Å²) in [7, 11) is 0. The Morgan fingerprint density at radius 2 is 1.69 bits per heavy atom. The lowest BCUT2D eigenvalue weighted by Gasteiger charge is -2.31. The first-order chi connectivity index (χ1) is 7.47. The van der Waals surface area contributed by atoms with Crippen molar-refractivity contribution < 1.29 is 24.5 Å². The molecule has 0 unspecified atom stereocenters. The van der Waals surface area contributed by atoms with E-state index in [4.69, 9.17) is 4.74 Å². The highest BCUT2D eigenvalue weighted by Crippen LogP contribution is 2.12. The van der Waals surface area contributed by atoms with E-state index in [1.807, 2.05) is 0 Å². The average Bonchev–Trinajstić information content (AvgIpc) is 2.26. The van der Waals surface area contributed by atoms with E-state index in [-0.39, 0.29) is 6.61 Å². The van der Waals surface area contributed by atoms with Gasteiger partial charge in [0, 0.05) is 0 Å². The van der Waals surface area contributed by atoms with Crippen molar-refractivity contribution in [2.24, 2.45) is 0 Å². The summed E-state index contributed by atoms with van der Waals surface area (Å²) in [5.41, 5.74) is -1.77. The molecule has 5 nitrogen and oxygen atoms in total. The average molecular weight is 222 g/mol. The predicted octanol–water partition coefficient (Wildman–Crippen LogP) is -1.54. The van der Waals surface area contributed by atoms with E-state index < -0.39 is 17.5 Å². The van der Waals surface area contributed by atoms with Crippen LogP contribution in [0.3, 0.4) is 0 Å². The maximum Gasteiger partial charge on any atom is 0.144 e. The van der Waals surface area contributed by atoms with Gasteiger partial charge in [-0.25, -0.2) is 0 Å². The Labute approximate surface area is 92.3 Å². The Bertz CT molecular complexity index is 371. The number of ether oxygens (including phenoxy) is 1. The number of aliphatic carboxylic acids is 2. The molecule has 0 spiro atoms. The summed E-state index contributed by atoms with van der Waals surface area (Å²) in [6, 6.07) is 8.61. The zero-order valence-electron chi connectivity index (χ0n) is 8.64. The lowest BCUT2D eigenvalue weighted by molar-refractivity contribution is -0.352. The van der Waals surface area contributed by atoms with E-state index >= 15 is 0 Å². The lowest BCUT2D eigenvalue weighted by atomic mass is 10.1. The van der Waals surface area contributed by atoms with Crippen LogP contribution in [0, 0.1) is 0 Å². The molecule has 0 N–H and O–H groups in total. The summed E-state index contributed by atoms with van der Waals surface area (Å²) >= 11 is 0. The summed E-state index contributed by atoms with van der Waals surface area (Å²) in [6.07, 6.45) is 0. The predicted molar refractivity (Wildman–Crippen MR) is 49.7 cm³/mol. The van der Waals surface area contributed by atoms with Crippen LogP contribution in [0.5, 0.6) is 0 Å². The SMILES string of the molecule is CC(OCc1ccccc1)(C(=O)[O-])C(=O)[O-]. The third kappa shape index (κ3) is 2.58. The number of carbonyl (C=O) groups excluding carboxylic acids is 2. The molecule has 86 valence electrons. The molecule has 0 radical (unpaired) electrons. The molecule has 0 aliphatic rings. The van der Waals surface area contributed by atoms with Crippen molar-refractivity contribution in [3.05, 3.63) is 35.9 Å². The highest BCUT2D eigenvalue weighted by atomic mass is 16.5. The molecule has 0 fully saturated rings. The van der Waals surface area contributed by atoms with Gasteiger partial charge in [0.25, 0.3) is 0 Å². The van der Waals surface area contributed by atoms with Crippen LogP contribution < -0.4 is 10.2 Å². The first-order valence-electron chi connectivity index (χ1n) is 4.57. The number of carbonyl (C=O) groups is 2. The zero-order valence-corrected chi connectivity index (χ0v) is 8.64. The van der Waals surface area contributed by atoms with Gasteiger partial charge in [-0.1, -0.05) is 30.3 Å². The van der Waals surface area contributed by atoms with Crippen LogP contribution in [0.15, 0.2) is 30.3 Å². The number of rotatable bonds is 5. The molecule has 0 aliphatic carbocycles. The summed E-state index contributed by atoms with van der Waals surface area (Å²) in [4.78, 5) is 21.3. The third-order valence-electron chi connectivity index (χ3n) is 2.15. The van der Waals surface area contributed by atoms with Gasteiger partial charge in [-0.3, -0.25) is 0 Å². The van der Waals surface area contributed by atoms with E-state index in [0.717, 1.165) is 6.92 Å². The van der Waals surface area contributed by atoms with Crippen LogP contribution in [-0.4, -0.2) is 17.5 Å². The van der Waals surface area contributed by atoms with Crippen LogP contribution in [0.4, 0.5) is 0 Å². The second-order valence-electron chi connectivity index (χ2n) is 3.38. The van der Waals surface area contributed by atoms with Gasteiger partial charge in [-0.2, -0.15) is 0 Å². The van der Waals surface area contributed by atoms with Crippen molar-refractivity contribution in [2.45, 2.75) is 19.1 Å². The van der Waals surface area contributed by atoms with Crippen LogP contribution in [0.25, 0.3) is 0 Å². The molecule has 0 aromatic heterocycles. The van der Waals surface area contributed by atoms with Crippen molar-refractivity contribution in [2.75, 3.05) is 0 Å². The first-order valence-corrected chi connectivity index (χ1v) is 4.57. The zero-order chi connectivity index (χ0) is 12.2. The second kappa shape index (κ2) is 4.76. The summed E-state index contributed by atoms with van der Waals surface area (Å²) in [6.45, 7) is 0.750. The normalized spacial score (nSPS) is 11.1. The number of benzene rings is 1. The van der Waals surface area contributed by atoms with Gasteiger partial charge in [-0.05, 0) is 12.5 Å². The molecule has 1 aromatic carbocycles. The van der Waals surface area contributed by atoms with Gasteiger partial charge < -0.3 is 24.5 Å². The number of hydrogen-bond donors (Lipinski definition) is 0. The number of carboxylic acids is 2. The van der Waals surface area contributed by atoms with E-state index in [0.29, 0.717) is 5.56 Å². The molecular formula is C11H10O5-2. The molecule has 5 heteroatoms. The smallest absolute Gasteiger partial charge is 0.144 e. The molecular weight excluding hydrogens is 212 g/mol. The lowest BCUT2D eigenvalue weighted by Crippen LogP contribution is -2.59. The first kappa shape index (κ1) is 12.2. The standard InChI is InChI=1S/C11H12O5/c1-11(9(12)13,10(14)15)16-7-8-5-3-2-4-6-8/h2-6H,7H2,1H3,(H,12,13)(H,14,15)/p-2. The third-order valence-corrected chi connectivity index (χ3v) is 2.15. The van der Waals surface area contributed by atoms with Crippen molar-refractivity contribution in [1.82, 2.24) is 0 Å². The number of hydrogen-bond acceptors (Lipinski definition) is 5. The van der Waals surface area contributed by atoms with Gasteiger partial charge in [0.05, 0.1) is 18.5 Å². The van der Waals surface area contributed by atoms with Gasteiger partial charge in [0.15, 0.2) is 0 Å². The summed E-state index contributed by atoms with van der Waals surface area (Å²) < 4.78 is 4.81. The van der Waals surface area contributed by atoms with Crippen LogP contribution >= 0.6 is 0 Å². The Morgan fingerprint density at radius 3 is 2.12 bits per heavy atom. The summed E-state index contributed by atoms with van der Waals surface area (Å²) in [5.74, 6) is -3.66. The molecule has 16 heavy (non-hydrogen) atoms. The van der Waals surface area contributed by atoms with Gasteiger partial charge in [0.1, 0.15) is 5.60 Å². The minimum Gasteiger partial charge on any atom is -0.547 e. The maximum atomic E-state index is 10.6. The van der Waals surface area contributed by atoms with Crippen molar-refractivity contribution in [3.8, 4) is 0 Å². The largest absolute Gasteiger partial charge is 0.547 e. The molecule has 1 aromatic rings. The molecule has 0 aliphatic heterocycles. The molecule has 0 bridgehead atoms. The second-order valence-corrected chi connectivity index (χ2v) is 3.38. The Kier molecular flexibility index (Phi) is 3.63. The van der Waals surface area contributed by atoms with Crippen molar-refractivity contribution >= 4 is 11.9 Å². The fraction of sp³-hybridized carbons (Fsp3) is 0.273. The Hall–Kier alpha value is -1.88. The fourth-order valence-electron chi connectivity index (χ4n) is 1.00. The van der Waals surface area contributed by atoms with Crippen molar-refractivity contribution in [3.63, 3.8) is 0 Å². The van der Waals surface area contributed by atoms with Gasteiger partial charge in [0.2, 0.25) is 0 Å². The van der Waals surface area contributed by atoms with E-state index in [2.05, 4.69) is 0 Å². The van der Waals surface area contributed by atoms with E-state index in [1.54, 1.807) is 30.3 Å². The molecule has 0 saturated carbocycles. The highest BCUT2D eigenvalue weighted by molar-refractivity contribution is 5.99. The Balaban J connectivity index is 2.72. The van der Waals surface area contributed by atoms with Crippen LogP contribution in [0.2, 0.25) is 0 Å². The maximum absolute atomic E-state index is 10.6. The van der Waals surface area contributed by atoms with Crippen LogP contribution in [0.1, 0.15) is 12.5 Å². The molecule has 1 rings (SSSR count). The molecule has 0 atom stereocenters. The van der Waals surface area contributed by atoms with Gasteiger partial charge >= 0.3 is 0 Å². The van der Waals surface area contributed by atoms with E-state index in [9.17, 15) is 19.8 Å². The van der Waals surface area contributed by atoms with Gasteiger partial charge in [-0.15, -0.1) is 0 Å². The van der Waals surface area contributed by atoms with Crippen LogP contribution in [-0.2, 0) is 20.9 Å². The Morgan fingerprint density at radius 1 is 1.19 bits per heavy atom. The quantitative estimate of drug-likeness (QED) is 0.563. The summed E-state index contributed by atoms with van der Waals surface area (Å²) in [5, 5.41) is 21.3. The fourth-order valence-corrected chi connectivity index (χ4v) is 1.00. The topological polar surface area (TPSA) is 89.5 Å². The van der Waals surface area contributed by atoms with E-state index in [1.165, 1.54) is 0 Å². The minimum absolute atomic E-state index is 0.140. The molecule has 0 amide bonds. The van der Waals surface area contributed by atoms with Crippen molar-refractivity contribution in [1.29, 1.82) is 0 Å². The number of carboxylic acid groups (broad SMARTS) is 2. The molecule has 0 heterocycles. The highest BCUT2D eigenvalue weighted by Gasteiger charge is 2.28.